The quantitative estimate of drug-likeness (QED) is 0.882. The van der Waals surface area contributed by atoms with Crippen molar-refractivity contribution in [2.75, 3.05) is 20.2 Å². The third-order valence-electron chi connectivity index (χ3n) is 6.35. The molecular weight excluding hydrogens is 350 g/mol. The van der Waals surface area contributed by atoms with Crippen LogP contribution in [0.4, 0.5) is 0 Å². The van der Waals surface area contributed by atoms with E-state index in [0.29, 0.717) is 17.2 Å². The normalized spacial score (nSPS) is 25.8. The molecule has 0 spiro atoms. The molecule has 1 aliphatic heterocycles. The molecule has 1 N–H and O–H groups in total. The maximum atomic E-state index is 12.5. The van der Waals surface area contributed by atoms with Gasteiger partial charge in [-0.15, -0.1) is 0 Å². The van der Waals surface area contributed by atoms with Crippen molar-refractivity contribution < 1.29 is 4.74 Å². The van der Waals surface area contributed by atoms with Gasteiger partial charge >= 0.3 is 5.69 Å². The molecule has 2 aromatic rings. The number of aromatic amines is 1. The van der Waals surface area contributed by atoms with Crippen LogP contribution in [0.5, 0.6) is 0 Å². The number of ether oxygens (including phenoxy) is 1. The molecule has 1 saturated carbocycles. The molecule has 1 aromatic heterocycles. The van der Waals surface area contributed by atoms with Crippen LogP contribution >= 0.6 is 11.6 Å². The number of hydrogen-bond donors (Lipinski definition) is 1. The lowest BCUT2D eigenvalue weighted by Gasteiger charge is -2.40. The largest absolute Gasteiger partial charge is 0.381 e. The Labute approximate surface area is 159 Å². The number of likely N-dealkylation sites (tertiary alicyclic amines) is 1. The third kappa shape index (κ3) is 3.32. The second-order valence-corrected chi connectivity index (χ2v) is 8.26. The number of benzene rings is 1. The Kier molecular flexibility index (Phi) is 5.13. The van der Waals surface area contributed by atoms with E-state index < -0.39 is 0 Å². The monoisotopic (exact) mass is 377 g/mol. The van der Waals surface area contributed by atoms with Crippen LogP contribution in [0.15, 0.2) is 16.9 Å². The van der Waals surface area contributed by atoms with E-state index in [2.05, 4.69) is 9.88 Å². The molecule has 1 aliphatic carbocycles. The van der Waals surface area contributed by atoms with Gasteiger partial charge in [0.05, 0.1) is 17.1 Å². The van der Waals surface area contributed by atoms with E-state index in [1.54, 1.807) is 0 Å². The van der Waals surface area contributed by atoms with E-state index in [9.17, 15) is 4.79 Å². The predicted molar refractivity (Wildman–Crippen MR) is 105 cm³/mol. The van der Waals surface area contributed by atoms with E-state index in [4.69, 9.17) is 16.3 Å². The number of fused-ring (bicyclic) bond motifs is 1. The number of aromatic nitrogens is 2. The van der Waals surface area contributed by atoms with Gasteiger partial charge in [0.2, 0.25) is 0 Å². The number of imidazole rings is 1. The molecule has 5 nitrogen and oxygen atoms in total. The zero-order valence-corrected chi connectivity index (χ0v) is 16.4. The van der Waals surface area contributed by atoms with Crippen LogP contribution in [0.25, 0.3) is 11.0 Å². The summed E-state index contributed by atoms with van der Waals surface area (Å²) in [5.41, 5.74) is 2.82. The van der Waals surface area contributed by atoms with Crippen molar-refractivity contribution in [1.82, 2.24) is 14.5 Å². The van der Waals surface area contributed by atoms with Crippen LogP contribution in [0.2, 0.25) is 5.02 Å². The highest BCUT2D eigenvalue weighted by Crippen LogP contribution is 2.31. The Bertz CT molecular complexity index is 827. The zero-order chi connectivity index (χ0) is 18.3. The van der Waals surface area contributed by atoms with Crippen molar-refractivity contribution in [3.8, 4) is 0 Å². The highest BCUT2D eigenvalue weighted by molar-refractivity contribution is 6.32. The minimum Gasteiger partial charge on any atom is -0.381 e. The van der Waals surface area contributed by atoms with E-state index in [-0.39, 0.29) is 11.7 Å². The molecule has 0 radical (unpaired) electrons. The van der Waals surface area contributed by atoms with Crippen LogP contribution in [0.1, 0.15) is 50.1 Å². The molecule has 0 unspecified atom stereocenters. The minimum absolute atomic E-state index is 0.0132. The first kappa shape index (κ1) is 18.1. The van der Waals surface area contributed by atoms with Gasteiger partial charge in [-0.1, -0.05) is 11.6 Å². The fourth-order valence-corrected chi connectivity index (χ4v) is 4.93. The molecule has 142 valence electrons. The number of halogens is 1. The lowest BCUT2D eigenvalue weighted by molar-refractivity contribution is 0.0296. The molecule has 0 atom stereocenters. The fraction of sp³-hybridized carbons (Fsp3) is 0.650. The van der Waals surface area contributed by atoms with Crippen LogP contribution in [0, 0.1) is 6.92 Å². The van der Waals surface area contributed by atoms with Gasteiger partial charge < -0.3 is 14.6 Å². The Morgan fingerprint density at radius 1 is 1.08 bits per heavy atom. The number of aryl methyl sites for hydroxylation is 1. The summed E-state index contributed by atoms with van der Waals surface area (Å²) in [6.07, 6.45) is 7.30. The molecular formula is C20H28ClN3O2. The topological polar surface area (TPSA) is 50.3 Å². The first-order chi connectivity index (χ1) is 12.6. The number of hydrogen-bond acceptors (Lipinski definition) is 3. The number of H-pyrrole nitrogens is 1. The van der Waals surface area contributed by atoms with E-state index >= 15 is 0 Å². The summed E-state index contributed by atoms with van der Waals surface area (Å²) in [7, 11) is 1.82. The van der Waals surface area contributed by atoms with Crippen LogP contribution in [0.3, 0.4) is 0 Å². The Morgan fingerprint density at radius 2 is 1.77 bits per heavy atom. The summed E-state index contributed by atoms with van der Waals surface area (Å²) in [6, 6.07) is 4.85. The maximum absolute atomic E-state index is 12.5. The summed E-state index contributed by atoms with van der Waals surface area (Å²) < 4.78 is 7.45. The number of rotatable bonds is 3. The SMILES string of the molecule is COC1CCC(N2CCC(n3c(=O)[nH]c4cc(Cl)c(C)cc43)CC2)CC1. The van der Waals surface area contributed by atoms with E-state index in [1.807, 2.05) is 30.7 Å². The molecule has 26 heavy (non-hydrogen) atoms. The molecule has 4 rings (SSSR count). The van der Waals surface area contributed by atoms with Gasteiger partial charge in [0.25, 0.3) is 0 Å². The second-order valence-electron chi connectivity index (χ2n) is 7.85. The Hall–Kier alpha value is -1.30. The predicted octanol–water partition coefficient (Wildman–Crippen LogP) is 3.89. The van der Waals surface area contributed by atoms with Gasteiger partial charge in [0.1, 0.15) is 0 Å². The molecule has 2 fully saturated rings. The van der Waals surface area contributed by atoms with Crippen molar-refractivity contribution in [2.45, 2.75) is 63.6 Å². The first-order valence-corrected chi connectivity index (χ1v) is 10.1. The van der Waals surface area contributed by atoms with Gasteiger partial charge in [-0.3, -0.25) is 4.57 Å². The highest BCUT2D eigenvalue weighted by Gasteiger charge is 2.30. The molecule has 1 saturated heterocycles. The highest BCUT2D eigenvalue weighted by atomic mass is 35.5. The summed E-state index contributed by atoms with van der Waals surface area (Å²) >= 11 is 6.21. The van der Waals surface area contributed by atoms with Crippen molar-refractivity contribution in [3.63, 3.8) is 0 Å². The molecule has 2 aliphatic rings. The molecule has 1 aromatic carbocycles. The number of nitrogens with one attached hydrogen (secondary N) is 1. The lowest BCUT2D eigenvalue weighted by atomic mass is 9.90. The van der Waals surface area contributed by atoms with Crippen molar-refractivity contribution in [2.24, 2.45) is 0 Å². The summed E-state index contributed by atoms with van der Waals surface area (Å²) in [6.45, 7) is 4.12. The Balaban J connectivity index is 1.47. The Morgan fingerprint density at radius 3 is 2.42 bits per heavy atom. The van der Waals surface area contributed by atoms with Crippen LogP contribution in [-0.4, -0.2) is 46.8 Å². The van der Waals surface area contributed by atoms with Crippen molar-refractivity contribution >= 4 is 22.6 Å². The van der Waals surface area contributed by atoms with Crippen LogP contribution < -0.4 is 5.69 Å². The third-order valence-corrected chi connectivity index (χ3v) is 6.76. The van der Waals surface area contributed by atoms with Crippen LogP contribution in [-0.2, 0) is 4.74 Å². The average molecular weight is 378 g/mol. The maximum Gasteiger partial charge on any atom is 0.326 e. The number of methoxy groups -OCH3 is 1. The molecule has 0 bridgehead atoms. The van der Waals surface area contributed by atoms with Crippen molar-refractivity contribution in [3.05, 3.63) is 33.2 Å². The fourth-order valence-electron chi connectivity index (χ4n) is 4.77. The van der Waals surface area contributed by atoms with Crippen molar-refractivity contribution in [1.29, 1.82) is 0 Å². The van der Waals surface area contributed by atoms with Gasteiger partial charge in [0.15, 0.2) is 0 Å². The van der Waals surface area contributed by atoms with E-state index in [0.717, 1.165) is 42.5 Å². The van der Waals surface area contributed by atoms with Gasteiger partial charge in [-0.25, -0.2) is 4.79 Å². The van der Waals surface area contributed by atoms with Gasteiger partial charge in [0, 0.05) is 37.3 Å². The zero-order valence-electron chi connectivity index (χ0n) is 15.6. The summed E-state index contributed by atoms with van der Waals surface area (Å²) in [4.78, 5) is 18.2. The number of piperidine rings is 1. The smallest absolute Gasteiger partial charge is 0.326 e. The van der Waals surface area contributed by atoms with Gasteiger partial charge in [-0.2, -0.15) is 0 Å². The molecule has 0 amide bonds. The number of nitrogens with zero attached hydrogens (tertiary/aromatic N) is 2. The van der Waals surface area contributed by atoms with E-state index in [1.165, 1.54) is 25.7 Å². The lowest BCUT2D eigenvalue weighted by Crippen LogP contribution is -2.45. The van der Waals surface area contributed by atoms with Gasteiger partial charge in [-0.05, 0) is 63.1 Å². The first-order valence-electron chi connectivity index (χ1n) is 9.74. The summed E-state index contributed by atoms with van der Waals surface area (Å²) in [5.74, 6) is 0. The molecule has 2 heterocycles. The standard InChI is InChI=1S/C20H28ClN3O2/c1-13-11-19-18(12-17(13)21)22-20(25)24(19)15-7-9-23(10-8-15)14-3-5-16(26-2)6-4-14/h11-12,14-16H,3-10H2,1-2H3,(H,22,25). The average Bonchev–Trinajstić information content (AvgIpc) is 2.97. The summed E-state index contributed by atoms with van der Waals surface area (Å²) in [5, 5.41) is 0.701. The second kappa shape index (κ2) is 7.37. The minimum atomic E-state index is -0.0132. The molecule has 6 heteroatoms.